The lowest BCUT2D eigenvalue weighted by Crippen LogP contribution is -2.29. The molecular weight excluding hydrogens is 220 g/mol. The number of aromatic carboxylic acids is 1. The minimum atomic E-state index is -1.00. The van der Waals surface area contributed by atoms with Crippen molar-refractivity contribution in [3.63, 3.8) is 0 Å². The van der Waals surface area contributed by atoms with Crippen LogP contribution in [0.15, 0.2) is 18.2 Å². The van der Waals surface area contributed by atoms with Crippen LogP contribution in [0.2, 0.25) is 0 Å². The summed E-state index contributed by atoms with van der Waals surface area (Å²) in [4.78, 5) is 22.0. The molecule has 17 heavy (non-hydrogen) atoms. The van der Waals surface area contributed by atoms with Crippen LogP contribution in [0.4, 0.5) is 10.5 Å². The quantitative estimate of drug-likeness (QED) is 0.690. The molecule has 1 rings (SSSR count). The molecule has 5 nitrogen and oxygen atoms in total. The van der Waals surface area contributed by atoms with Gasteiger partial charge in [0.25, 0.3) is 0 Å². The molecule has 0 aliphatic carbocycles. The lowest BCUT2D eigenvalue weighted by Gasteiger charge is -2.09. The zero-order valence-electron chi connectivity index (χ0n) is 9.28. The topological polar surface area (TPSA) is 78.4 Å². The van der Waals surface area contributed by atoms with E-state index >= 15 is 0 Å². The minimum absolute atomic E-state index is 0.137. The lowest BCUT2D eigenvalue weighted by atomic mass is 10.1. The van der Waals surface area contributed by atoms with Crippen molar-refractivity contribution in [3.8, 4) is 12.3 Å². The average molecular weight is 232 g/mol. The van der Waals surface area contributed by atoms with Crippen molar-refractivity contribution in [2.45, 2.75) is 6.92 Å². The van der Waals surface area contributed by atoms with Crippen LogP contribution in [0, 0.1) is 19.3 Å². The van der Waals surface area contributed by atoms with Gasteiger partial charge in [0.2, 0.25) is 0 Å². The smallest absolute Gasteiger partial charge is 0.335 e. The van der Waals surface area contributed by atoms with Crippen LogP contribution in [-0.4, -0.2) is 23.7 Å². The molecular formula is C12H12N2O3. The number of benzene rings is 1. The molecule has 0 unspecified atom stereocenters. The first-order valence-corrected chi connectivity index (χ1v) is 4.87. The Kier molecular flexibility index (Phi) is 4.12. The maximum atomic E-state index is 11.3. The van der Waals surface area contributed by atoms with E-state index in [-0.39, 0.29) is 12.1 Å². The van der Waals surface area contributed by atoms with Gasteiger partial charge in [-0.2, -0.15) is 0 Å². The molecule has 0 aromatic heterocycles. The first kappa shape index (κ1) is 12.6. The normalized spacial score (nSPS) is 9.18. The summed E-state index contributed by atoms with van der Waals surface area (Å²) in [5.74, 6) is 1.27. The highest BCUT2D eigenvalue weighted by atomic mass is 16.4. The molecule has 0 bridgehead atoms. The Morgan fingerprint density at radius 2 is 2.18 bits per heavy atom. The maximum absolute atomic E-state index is 11.3. The molecule has 0 aliphatic heterocycles. The molecule has 1 aromatic carbocycles. The van der Waals surface area contributed by atoms with E-state index < -0.39 is 12.0 Å². The predicted molar refractivity (Wildman–Crippen MR) is 64.0 cm³/mol. The summed E-state index contributed by atoms with van der Waals surface area (Å²) in [6, 6.07) is 4.02. The summed E-state index contributed by atoms with van der Waals surface area (Å²) in [5.41, 5.74) is 1.39. The summed E-state index contributed by atoms with van der Waals surface area (Å²) < 4.78 is 0. The number of terminal acetylenes is 1. The molecule has 0 fully saturated rings. The molecule has 0 radical (unpaired) electrons. The van der Waals surface area contributed by atoms with Crippen LogP contribution < -0.4 is 10.6 Å². The number of carboxylic acid groups (broad SMARTS) is 1. The maximum Gasteiger partial charge on any atom is 0.335 e. The van der Waals surface area contributed by atoms with Crippen LogP contribution in [-0.2, 0) is 0 Å². The van der Waals surface area contributed by atoms with Crippen LogP contribution in [0.5, 0.6) is 0 Å². The van der Waals surface area contributed by atoms with Gasteiger partial charge in [0.1, 0.15) is 0 Å². The summed E-state index contributed by atoms with van der Waals surface area (Å²) >= 11 is 0. The Labute approximate surface area is 98.8 Å². The number of urea groups is 1. The highest BCUT2D eigenvalue weighted by molar-refractivity contribution is 5.92. The van der Waals surface area contributed by atoms with Crippen LogP contribution in [0.3, 0.4) is 0 Å². The molecule has 0 saturated heterocycles. The fourth-order valence-electron chi connectivity index (χ4n) is 1.23. The Balaban J connectivity index is 2.76. The predicted octanol–water partition coefficient (Wildman–Crippen LogP) is 1.45. The molecule has 0 saturated carbocycles. The third-order valence-electron chi connectivity index (χ3n) is 2.07. The monoisotopic (exact) mass is 232 g/mol. The summed E-state index contributed by atoms with van der Waals surface area (Å²) in [5, 5.41) is 13.8. The number of amides is 2. The SMILES string of the molecule is C#CCNC(=O)Nc1ccc(C(=O)O)cc1C. The molecule has 0 aliphatic rings. The van der Waals surface area contributed by atoms with Crippen molar-refractivity contribution >= 4 is 17.7 Å². The van der Waals surface area contributed by atoms with Crippen LogP contribution >= 0.6 is 0 Å². The second kappa shape index (κ2) is 5.56. The van der Waals surface area contributed by atoms with E-state index in [1.54, 1.807) is 6.92 Å². The lowest BCUT2D eigenvalue weighted by molar-refractivity contribution is 0.0697. The highest BCUT2D eigenvalue weighted by Crippen LogP contribution is 2.16. The largest absolute Gasteiger partial charge is 0.478 e. The fraction of sp³-hybridized carbons (Fsp3) is 0.167. The zero-order valence-corrected chi connectivity index (χ0v) is 9.28. The first-order chi connectivity index (χ1) is 8.04. The Morgan fingerprint density at radius 1 is 1.47 bits per heavy atom. The van der Waals surface area contributed by atoms with Crippen molar-refractivity contribution in [1.29, 1.82) is 0 Å². The van der Waals surface area contributed by atoms with E-state index in [0.29, 0.717) is 11.3 Å². The van der Waals surface area contributed by atoms with Gasteiger partial charge in [-0.25, -0.2) is 9.59 Å². The number of carbonyl (C=O) groups is 2. The molecule has 3 N–H and O–H groups in total. The molecule has 5 heteroatoms. The second-order valence-electron chi connectivity index (χ2n) is 3.35. The third kappa shape index (κ3) is 3.54. The van der Waals surface area contributed by atoms with E-state index in [1.807, 2.05) is 0 Å². The van der Waals surface area contributed by atoms with E-state index in [4.69, 9.17) is 11.5 Å². The minimum Gasteiger partial charge on any atom is -0.478 e. The number of hydrogen-bond donors (Lipinski definition) is 3. The van der Waals surface area contributed by atoms with Gasteiger partial charge in [0, 0.05) is 5.69 Å². The van der Waals surface area contributed by atoms with Crippen molar-refractivity contribution in [3.05, 3.63) is 29.3 Å². The van der Waals surface area contributed by atoms with Gasteiger partial charge in [-0.1, -0.05) is 5.92 Å². The Bertz CT molecular complexity index is 489. The number of aryl methyl sites for hydroxylation is 1. The van der Waals surface area contributed by atoms with Gasteiger partial charge in [-0.05, 0) is 30.7 Å². The van der Waals surface area contributed by atoms with Gasteiger partial charge in [-0.3, -0.25) is 0 Å². The second-order valence-corrected chi connectivity index (χ2v) is 3.35. The van der Waals surface area contributed by atoms with Crippen LogP contribution in [0.1, 0.15) is 15.9 Å². The first-order valence-electron chi connectivity index (χ1n) is 4.87. The summed E-state index contributed by atoms with van der Waals surface area (Å²) in [7, 11) is 0. The number of nitrogens with one attached hydrogen (secondary N) is 2. The van der Waals surface area contributed by atoms with Gasteiger partial charge in [-0.15, -0.1) is 6.42 Å². The molecule has 2 amide bonds. The van der Waals surface area contributed by atoms with E-state index in [9.17, 15) is 9.59 Å². The molecule has 88 valence electrons. The van der Waals surface area contributed by atoms with Crippen molar-refractivity contribution in [2.75, 3.05) is 11.9 Å². The molecule has 1 aromatic rings. The Hall–Kier alpha value is -2.48. The van der Waals surface area contributed by atoms with Gasteiger partial charge >= 0.3 is 12.0 Å². The zero-order chi connectivity index (χ0) is 12.8. The summed E-state index contributed by atoms with van der Waals surface area (Å²) in [6.07, 6.45) is 5.00. The van der Waals surface area contributed by atoms with Gasteiger partial charge in [0.15, 0.2) is 0 Å². The van der Waals surface area contributed by atoms with Crippen molar-refractivity contribution < 1.29 is 14.7 Å². The average Bonchev–Trinajstić information content (AvgIpc) is 2.28. The highest BCUT2D eigenvalue weighted by Gasteiger charge is 2.07. The number of rotatable bonds is 3. The molecule has 0 spiro atoms. The van der Waals surface area contributed by atoms with Gasteiger partial charge < -0.3 is 15.7 Å². The number of anilines is 1. The molecule has 0 heterocycles. The number of hydrogen-bond acceptors (Lipinski definition) is 2. The van der Waals surface area contributed by atoms with E-state index in [1.165, 1.54) is 18.2 Å². The summed E-state index contributed by atoms with van der Waals surface area (Å²) in [6.45, 7) is 1.85. The fourth-order valence-corrected chi connectivity index (χ4v) is 1.23. The van der Waals surface area contributed by atoms with Crippen molar-refractivity contribution in [1.82, 2.24) is 5.32 Å². The van der Waals surface area contributed by atoms with E-state index in [2.05, 4.69) is 16.6 Å². The number of carbonyl (C=O) groups excluding carboxylic acids is 1. The standard InChI is InChI=1S/C12H12N2O3/c1-3-6-13-12(17)14-10-5-4-9(11(15)16)7-8(10)2/h1,4-5,7H,6H2,2H3,(H,15,16)(H2,13,14,17). The number of carboxylic acids is 1. The third-order valence-corrected chi connectivity index (χ3v) is 2.07. The van der Waals surface area contributed by atoms with Crippen molar-refractivity contribution in [2.24, 2.45) is 0 Å². The van der Waals surface area contributed by atoms with E-state index in [0.717, 1.165) is 0 Å². The molecule has 0 atom stereocenters. The van der Waals surface area contributed by atoms with Gasteiger partial charge in [0.05, 0.1) is 12.1 Å². The van der Waals surface area contributed by atoms with Crippen LogP contribution in [0.25, 0.3) is 0 Å². The Morgan fingerprint density at radius 3 is 2.71 bits per heavy atom.